The van der Waals surface area contributed by atoms with Gasteiger partial charge in [0.25, 0.3) is 5.91 Å². The first-order chi connectivity index (χ1) is 14.2. The summed E-state index contributed by atoms with van der Waals surface area (Å²) in [6.45, 7) is 4.07. The maximum absolute atomic E-state index is 13.3. The van der Waals surface area contributed by atoms with Gasteiger partial charge in [0.2, 0.25) is 5.43 Å². The number of pyridine rings is 1. The average Bonchev–Trinajstić information content (AvgIpc) is 2.72. The fourth-order valence-electron chi connectivity index (χ4n) is 3.54. The van der Waals surface area contributed by atoms with Crippen molar-refractivity contribution in [3.8, 4) is 17.0 Å². The Hall–Kier alpha value is -3.29. The van der Waals surface area contributed by atoms with Crippen LogP contribution in [0.25, 0.3) is 22.2 Å². The molecule has 3 aromatic rings. The van der Waals surface area contributed by atoms with Crippen LogP contribution in [0.1, 0.15) is 29.8 Å². The Morgan fingerprint density at radius 3 is 2.43 bits per heavy atom. The third kappa shape index (κ3) is 3.65. The number of para-hydroxylation sites is 1. The minimum Gasteiger partial charge on any atom is -0.496 e. The smallest absolute Gasteiger partial charge is 0.416 e. The summed E-state index contributed by atoms with van der Waals surface area (Å²) >= 11 is 0. The molecule has 0 saturated carbocycles. The van der Waals surface area contributed by atoms with E-state index in [1.54, 1.807) is 42.7 Å². The number of rotatable bonds is 5. The summed E-state index contributed by atoms with van der Waals surface area (Å²) < 4.78 is 46.8. The van der Waals surface area contributed by atoms with Crippen molar-refractivity contribution in [2.24, 2.45) is 0 Å². The van der Waals surface area contributed by atoms with Gasteiger partial charge in [-0.15, -0.1) is 0 Å². The monoisotopic (exact) mass is 418 g/mol. The second-order valence-electron chi connectivity index (χ2n) is 6.59. The molecular formula is C22H21F3N2O3. The Kier molecular flexibility index (Phi) is 5.87. The van der Waals surface area contributed by atoms with E-state index < -0.39 is 23.1 Å². The van der Waals surface area contributed by atoms with E-state index in [0.29, 0.717) is 29.1 Å². The molecular weight excluding hydrogens is 397 g/mol. The van der Waals surface area contributed by atoms with Gasteiger partial charge in [-0.3, -0.25) is 9.59 Å². The van der Waals surface area contributed by atoms with E-state index in [1.807, 2.05) is 0 Å². The van der Waals surface area contributed by atoms with Gasteiger partial charge in [0, 0.05) is 24.0 Å². The molecule has 0 spiro atoms. The number of methoxy groups -OCH3 is 1. The molecule has 1 N–H and O–H groups in total. The Balaban J connectivity index is 2.52. The molecule has 1 heterocycles. The third-order valence-electron chi connectivity index (χ3n) is 4.84. The molecule has 0 saturated heterocycles. The Labute approximate surface area is 171 Å². The third-order valence-corrected chi connectivity index (χ3v) is 4.84. The predicted molar refractivity (Wildman–Crippen MR) is 109 cm³/mol. The number of aromatic nitrogens is 1. The number of amides is 1. The van der Waals surface area contributed by atoms with E-state index in [-0.39, 0.29) is 17.5 Å². The van der Waals surface area contributed by atoms with Crippen LogP contribution in [0.15, 0.2) is 47.3 Å². The molecule has 5 nitrogen and oxygen atoms in total. The van der Waals surface area contributed by atoms with E-state index in [9.17, 15) is 22.8 Å². The Morgan fingerprint density at radius 2 is 1.83 bits per heavy atom. The van der Waals surface area contributed by atoms with Gasteiger partial charge in [-0.2, -0.15) is 13.2 Å². The lowest BCUT2D eigenvalue weighted by molar-refractivity contribution is -0.137. The first kappa shape index (κ1) is 21.4. The van der Waals surface area contributed by atoms with Crippen LogP contribution in [0.3, 0.4) is 0 Å². The highest BCUT2D eigenvalue weighted by Crippen LogP contribution is 2.35. The number of carbonyl (C=O) groups excluding carboxylic acids is 1. The number of hydrogen-bond donors (Lipinski definition) is 1. The number of fused-ring (bicyclic) bond motifs is 1. The van der Waals surface area contributed by atoms with Gasteiger partial charge >= 0.3 is 6.18 Å². The summed E-state index contributed by atoms with van der Waals surface area (Å²) in [5.41, 5.74) is -0.797. The van der Waals surface area contributed by atoms with E-state index in [1.165, 1.54) is 13.2 Å². The number of carbonyl (C=O) groups is 1. The lowest BCUT2D eigenvalue weighted by Crippen LogP contribution is -2.31. The molecule has 0 unspecified atom stereocenters. The first-order valence-corrected chi connectivity index (χ1v) is 9.43. The number of benzene rings is 2. The normalized spacial score (nSPS) is 11.5. The second-order valence-corrected chi connectivity index (χ2v) is 6.59. The number of alkyl halides is 3. The van der Waals surface area contributed by atoms with Crippen molar-refractivity contribution in [2.45, 2.75) is 26.6 Å². The molecule has 0 atom stereocenters. The number of nitrogens with zero attached hydrogens (tertiary/aromatic N) is 1. The highest BCUT2D eigenvalue weighted by Gasteiger charge is 2.32. The van der Waals surface area contributed by atoms with Crippen molar-refractivity contribution in [1.82, 2.24) is 9.88 Å². The predicted octanol–water partition coefficient (Wildman–Crippen LogP) is 4.47. The van der Waals surface area contributed by atoms with E-state index in [0.717, 1.165) is 12.1 Å². The second kappa shape index (κ2) is 8.22. The molecule has 158 valence electrons. The molecule has 2 aromatic carbocycles. The highest BCUT2D eigenvalue weighted by molar-refractivity contribution is 6.04. The number of nitrogens with one attached hydrogen (secondary N) is 1. The van der Waals surface area contributed by atoms with Crippen molar-refractivity contribution in [3.63, 3.8) is 0 Å². The number of halogens is 3. The van der Waals surface area contributed by atoms with Crippen LogP contribution in [-0.4, -0.2) is 24.1 Å². The molecule has 1 amide bonds. The van der Waals surface area contributed by atoms with Gasteiger partial charge in [-0.1, -0.05) is 12.1 Å². The zero-order valence-electron chi connectivity index (χ0n) is 16.8. The maximum Gasteiger partial charge on any atom is 0.416 e. The topological polar surface area (TPSA) is 60.3 Å². The molecule has 3 rings (SSSR count). The standard InChI is InChI=1S/C22H21F3N2O3/c1-4-26-21(29)18-19(14-8-6-7-9-17(14)30-3)27(5-2)16-11-10-13(22(23,24)25)12-15(16)20(18)28/h6-12H,4-5H2,1-3H3,(H,26,29). The van der Waals surface area contributed by atoms with Crippen molar-refractivity contribution in [3.05, 3.63) is 63.8 Å². The van der Waals surface area contributed by atoms with Gasteiger partial charge in [-0.05, 0) is 44.2 Å². The van der Waals surface area contributed by atoms with Crippen LogP contribution in [-0.2, 0) is 12.7 Å². The van der Waals surface area contributed by atoms with E-state index in [2.05, 4.69) is 5.32 Å². The van der Waals surface area contributed by atoms with Gasteiger partial charge in [-0.25, -0.2) is 0 Å². The number of aryl methyl sites for hydroxylation is 1. The molecule has 0 aliphatic carbocycles. The zero-order valence-corrected chi connectivity index (χ0v) is 16.8. The molecule has 0 fully saturated rings. The van der Waals surface area contributed by atoms with Crippen LogP contribution in [0.4, 0.5) is 13.2 Å². The molecule has 0 radical (unpaired) electrons. The SMILES string of the molecule is CCNC(=O)c1c(-c2ccccc2OC)n(CC)c2ccc(C(F)(F)F)cc2c1=O. The van der Waals surface area contributed by atoms with Crippen LogP contribution >= 0.6 is 0 Å². The van der Waals surface area contributed by atoms with Crippen molar-refractivity contribution in [2.75, 3.05) is 13.7 Å². The Bertz CT molecular complexity index is 1170. The largest absolute Gasteiger partial charge is 0.496 e. The first-order valence-electron chi connectivity index (χ1n) is 9.43. The summed E-state index contributed by atoms with van der Waals surface area (Å²) in [5.74, 6) is -0.208. The highest BCUT2D eigenvalue weighted by atomic mass is 19.4. The van der Waals surface area contributed by atoms with Crippen LogP contribution in [0, 0.1) is 0 Å². The molecule has 0 bridgehead atoms. The average molecular weight is 418 g/mol. The molecule has 8 heteroatoms. The molecule has 30 heavy (non-hydrogen) atoms. The fourth-order valence-corrected chi connectivity index (χ4v) is 3.54. The Morgan fingerprint density at radius 1 is 1.13 bits per heavy atom. The lowest BCUT2D eigenvalue weighted by atomic mass is 9.98. The number of ether oxygens (including phenoxy) is 1. The van der Waals surface area contributed by atoms with Gasteiger partial charge < -0.3 is 14.6 Å². The molecule has 0 aliphatic heterocycles. The van der Waals surface area contributed by atoms with Crippen LogP contribution in [0.5, 0.6) is 5.75 Å². The van der Waals surface area contributed by atoms with Crippen molar-refractivity contribution in [1.29, 1.82) is 0 Å². The summed E-state index contributed by atoms with van der Waals surface area (Å²) in [5, 5.41) is 2.44. The zero-order chi connectivity index (χ0) is 22.1. The van der Waals surface area contributed by atoms with E-state index >= 15 is 0 Å². The summed E-state index contributed by atoms with van der Waals surface area (Å²) in [4.78, 5) is 26.2. The maximum atomic E-state index is 13.3. The molecule has 0 aliphatic rings. The summed E-state index contributed by atoms with van der Waals surface area (Å²) in [6.07, 6.45) is -4.61. The number of hydrogen-bond acceptors (Lipinski definition) is 3. The van der Waals surface area contributed by atoms with Gasteiger partial charge in [0.05, 0.1) is 23.9 Å². The van der Waals surface area contributed by atoms with Crippen molar-refractivity contribution < 1.29 is 22.7 Å². The molecule has 1 aromatic heterocycles. The fraction of sp³-hybridized carbons (Fsp3) is 0.273. The summed E-state index contributed by atoms with van der Waals surface area (Å²) in [7, 11) is 1.47. The quantitative estimate of drug-likeness (QED) is 0.665. The lowest BCUT2D eigenvalue weighted by Gasteiger charge is -2.21. The van der Waals surface area contributed by atoms with Crippen LogP contribution < -0.4 is 15.5 Å². The van der Waals surface area contributed by atoms with E-state index in [4.69, 9.17) is 4.74 Å². The van der Waals surface area contributed by atoms with Gasteiger partial charge in [0.1, 0.15) is 11.3 Å². The minimum absolute atomic E-state index is 0.161. The summed E-state index contributed by atoms with van der Waals surface area (Å²) in [6, 6.07) is 9.89. The van der Waals surface area contributed by atoms with Crippen molar-refractivity contribution >= 4 is 16.8 Å². The van der Waals surface area contributed by atoms with Crippen LogP contribution in [0.2, 0.25) is 0 Å². The van der Waals surface area contributed by atoms with Gasteiger partial charge in [0.15, 0.2) is 0 Å². The minimum atomic E-state index is -4.61.